The Kier molecular flexibility index (Phi) is 5.27. The summed E-state index contributed by atoms with van der Waals surface area (Å²) in [6, 6.07) is -0.445. The molecule has 0 atom stereocenters. The van der Waals surface area contributed by atoms with E-state index in [4.69, 9.17) is 4.74 Å². The Morgan fingerprint density at radius 3 is 2.84 bits per heavy atom. The number of rotatable bonds is 6. The molecule has 2 N–H and O–H groups in total. The van der Waals surface area contributed by atoms with Crippen molar-refractivity contribution in [1.29, 1.82) is 0 Å². The lowest BCUT2D eigenvalue weighted by atomic mass is 10.3. The third-order valence-corrected chi connectivity index (χ3v) is 4.61. The SMILES string of the molecule is O=C(COC(=O)Cc1csc(N2CCCC2=O)n1)NC(=O)NC1CC1. The van der Waals surface area contributed by atoms with Crippen LogP contribution in [0.3, 0.4) is 0 Å². The van der Waals surface area contributed by atoms with Crippen molar-refractivity contribution in [1.82, 2.24) is 15.6 Å². The smallest absolute Gasteiger partial charge is 0.321 e. The highest BCUT2D eigenvalue weighted by Gasteiger charge is 2.25. The topological polar surface area (TPSA) is 118 Å². The second-order valence-corrected chi connectivity index (χ2v) is 6.74. The lowest BCUT2D eigenvalue weighted by Gasteiger charge is -2.10. The maximum Gasteiger partial charge on any atom is 0.321 e. The van der Waals surface area contributed by atoms with Gasteiger partial charge in [-0.05, 0) is 19.3 Å². The molecule has 3 rings (SSSR count). The first kappa shape index (κ1) is 17.3. The number of carbonyl (C=O) groups excluding carboxylic acids is 4. The number of ether oxygens (including phenoxy) is 1. The molecule has 0 aromatic carbocycles. The molecule has 2 fully saturated rings. The second-order valence-electron chi connectivity index (χ2n) is 5.90. The minimum Gasteiger partial charge on any atom is -0.455 e. The van der Waals surface area contributed by atoms with Crippen LogP contribution in [-0.2, 0) is 25.5 Å². The molecule has 0 radical (unpaired) electrons. The summed E-state index contributed by atoms with van der Waals surface area (Å²) in [5, 5.41) is 6.94. The number of amides is 4. The Hall–Kier alpha value is -2.49. The lowest BCUT2D eigenvalue weighted by Crippen LogP contribution is -2.42. The van der Waals surface area contributed by atoms with Gasteiger partial charge in [0, 0.05) is 24.4 Å². The van der Waals surface area contributed by atoms with E-state index >= 15 is 0 Å². The van der Waals surface area contributed by atoms with Crippen LogP contribution in [0.1, 0.15) is 31.4 Å². The Morgan fingerprint density at radius 2 is 2.16 bits per heavy atom. The number of anilines is 1. The summed E-state index contributed by atoms with van der Waals surface area (Å²) in [4.78, 5) is 52.2. The van der Waals surface area contributed by atoms with Crippen molar-refractivity contribution >= 4 is 40.3 Å². The normalized spacial score (nSPS) is 16.6. The number of hydrogen-bond donors (Lipinski definition) is 2. The number of thiazole rings is 1. The number of esters is 1. The first-order valence-electron chi connectivity index (χ1n) is 8.02. The van der Waals surface area contributed by atoms with Crippen LogP contribution in [0, 0.1) is 0 Å². The third-order valence-electron chi connectivity index (χ3n) is 3.70. The van der Waals surface area contributed by atoms with Crippen molar-refractivity contribution < 1.29 is 23.9 Å². The first-order chi connectivity index (χ1) is 12.0. The van der Waals surface area contributed by atoms with Crippen LogP contribution < -0.4 is 15.5 Å². The molecule has 4 amide bonds. The van der Waals surface area contributed by atoms with E-state index in [0.29, 0.717) is 23.8 Å². The summed E-state index contributed by atoms with van der Waals surface area (Å²) in [7, 11) is 0. The number of nitrogens with one attached hydrogen (secondary N) is 2. The average molecular weight is 366 g/mol. The van der Waals surface area contributed by atoms with Crippen molar-refractivity contribution in [2.75, 3.05) is 18.1 Å². The van der Waals surface area contributed by atoms with Crippen molar-refractivity contribution in [2.45, 2.75) is 38.1 Å². The van der Waals surface area contributed by atoms with E-state index in [-0.39, 0.29) is 18.4 Å². The van der Waals surface area contributed by atoms with Gasteiger partial charge in [0.2, 0.25) is 5.91 Å². The van der Waals surface area contributed by atoms with Crippen molar-refractivity contribution in [2.24, 2.45) is 0 Å². The van der Waals surface area contributed by atoms with Crippen LogP contribution in [0.2, 0.25) is 0 Å². The molecule has 0 spiro atoms. The van der Waals surface area contributed by atoms with Crippen LogP contribution in [0.4, 0.5) is 9.93 Å². The fraction of sp³-hybridized carbons (Fsp3) is 0.533. The summed E-state index contributed by atoms with van der Waals surface area (Å²) in [6.45, 7) is 0.109. The van der Waals surface area contributed by atoms with Gasteiger partial charge < -0.3 is 10.1 Å². The Labute approximate surface area is 147 Å². The van der Waals surface area contributed by atoms with E-state index in [1.807, 2.05) is 0 Å². The van der Waals surface area contributed by atoms with Crippen LogP contribution in [0.5, 0.6) is 0 Å². The molecule has 1 saturated carbocycles. The fourth-order valence-electron chi connectivity index (χ4n) is 2.31. The highest BCUT2D eigenvalue weighted by atomic mass is 32.1. The minimum absolute atomic E-state index is 0.0321. The molecule has 2 aliphatic rings. The van der Waals surface area contributed by atoms with Gasteiger partial charge in [-0.2, -0.15) is 0 Å². The minimum atomic E-state index is -0.687. The number of nitrogens with zero attached hydrogens (tertiary/aromatic N) is 2. The van der Waals surface area contributed by atoms with Crippen molar-refractivity contribution in [3.8, 4) is 0 Å². The van der Waals surface area contributed by atoms with Crippen LogP contribution in [0.15, 0.2) is 5.38 Å². The molecule has 1 aliphatic carbocycles. The van der Waals surface area contributed by atoms with E-state index < -0.39 is 24.5 Å². The summed E-state index contributed by atoms with van der Waals surface area (Å²) in [6.07, 6.45) is 3.05. The van der Waals surface area contributed by atoms with Gasteiger partial charge in [0.1, 0.15) is 0 Å². The van der Waals surface area contributed by atoms with Crippen LogP contribution in [0.25, 0.3) is 0 Å². The zero-order valence-electron chi connectivity index (χ0n) is 13.4. The fourth-order valence-corrected chi connectivity index (χ4v) is 3.18. The monoisotopic (exact) mass is 366 g/mol. The molecule has 0 bridgehead atoms. The van der Waals surface area contributed by atoms with Crippen molar-refractivity contribution in [3.63, 3.8) is 0 Å². The van der Waals surface area contributed by atoms with E-state index in [1.165, 1.54) is 11.3 Å². The molecule has 1 saturated heterocycles. The predicted molar refractivity (Wildman–Crippen MR) is 88.1 cm³/mol. The molecule has 134 valence electrons. The van der Waals surface area contributed by atoms with Crippen LogP contribution >= 0.6 is 11.3 Å². The molecule has 2 heterocycles. The van der Waals surface area contributed by atoms with E-state index in [0.717, 1.165) is 19.3 Å². The second kappa shape index (κ2) is 7.60. The molecular weight excluding hydrogens is 348 g/mol. The molecule has 1 aromatic heterocycles. The lowest BCUT2D eigenvalue weighted by molar-refractivity contribution is -0.147. The molecular formula is C15H18N4O5S. The van der Waals surface area contributed by atoms with Gasteiger partial charge in [0.25, 0.3) is 5.91 Å². The van der Waals surface area contributed by atoms with Gasteiger partial charge in [-0.3, -0.25) is 24.6 Å². The van der Waals surface area contributed by atoms with Gasteiger partial charge in [0.05, 0.1) is 12.1 Å². The van der Waals surface area contributed by atoms with E-state index in [2.05, 4.69) is 15.6 Å². The predicted octanol–water partition coefficient (Wildman–Crippen LogP) is 0.344. The molecule has 1 aromatic rings. The van der Waals surface area contributed by atoms with Gasteiger partial charge in [-0.25, -0.2) is 9.78 Å². The number of hydrogen-bond acceptors (Lipinski definition) is 7. The Balaban J connectivity index is 1.40. The maximum atomic E-state index is 11.8. The number of urea groups is 1. The first-order valence-corrected chi connectivity index (χ1v) is 8.90. The number of aromatic nitrogens is 1. The Bertz CT molecular complexity index is 700. The molecule has 10 heteroatoms. The highest BCUT2D eigenvalue weighted by Crippen LogP contribution is 2.25. The Morgan fingerprint density at radius 1 is 1.36 bits per heavy atom. The van der Waals surface area contributed by atoms with Crippen LogP contribution in [-0.4, -0.2) is 48.0 Å². The average Bonchev–Trinajstić information content (AvgIpc) is 3.07. The number of imide groups is 1. The van der Waals surface area contributed by atoms with Gasteiger partial charge in [-0.15, -0.1) is 11.3 Å². The van der Waals surface area contributed by atoms with E-state index in [1.54, 1.807) is 10.3 Å². The molecule has 1 aliphatic heterocycles. The molecule has 0 unspecified atom stereocenters. The third kappa shape index (κ3) is 4.99. The van der Waals surface area contributed by atoms with Gasteiger partial charge >= 0.3 is 12.0 Å². The summed E-state index contributed by atoms with van der Waals surface area (Å²) in [5.74, 6) is -1.28. The quantitative estimate of drug-likeness (QED) is 0.701. The van der Waals surface area contributed by atoms with Crippen molar-refractivity contribution in [3.05, 3.63) is 11.1 Å². The summed E-state index contributed by atoms with van der Waals surface area (Å²) in [5.41, 5.74) is 0.483. The largest absolute Gasteiger partial charge is 0.455 e. The maximum absolute atomic E-state index is 11.8. The molecule has 9 nitrogen and oxygen atoms in total. The van der Waals surface area contributed by atoms with Gasteiger partial charge in [-0.1, -0.05) is 0 Å². The zero-order chi connectivity index (χ0) is 17.8. The summed E-state index contributed by atoms with van der Waals surface area (Å²) < 4.78 is 4.84. The van der Waals surface area contributed by atoms with Gasteiger partial charge in [0.15, 0.2) is 11.7 Å². The number of carbonyl (C=O) groups is 4. The van der Waals surface area contributed by atoms with E-state index in [9.17, 15) is 19.2 Å². The molecule has 25 heavy (non-hydrogen) atoms. The summed E-state index contributed by atoms with van der Waals surface area (Å²) >= 11 is 1.29. The standard InChI is InChI=1S/C15H18N4O5S/c20-11(18-14(23)16-9-3-4-9)7-24-13(22)6-10-8-25-15(17-10)19-5-1-2-12(19)21/h8-9H,1-7H2,(H2,16,18,20,23). The highest BCUT2D eigenvalue weighted by molar-refractivity contribution is 7.14. The zero-order valence-corrected chi connectivity index (χ0v) is 14.3.